The van der Waals surface area contributed by atoms with Crippen molar-refractivity contribution >= 4 is 21.6 Å². The summed E-state index contributed by atoms with van der Waals surface area (Å²) in [6.07, 6.45) is 0.410. The van der Waals surface area contributed by atoms with Crippen molar-refractivity contribution in [2.24, 2.45) is 0 Å². The average Bonchev–Trinajstić information content (AvgIpc) is 2.48. The highest BCUT2D eigenvalue weighted by molar-refractivity contribution is 9.10. The van der Waals surface area contributed by atoms with Crippen molar-refractivity contribution in [2.75, 3.05) is 11.9 Å². The van der Waals surface area contributed by atoms with Gasteiger partial charge in [0.05, 0.1) is 18.8 Å². The van der Waals surface area contributed by atoms with Crippen LogP contribution in [0.15, 0.2) is 46.9 Å². The van der Waals surface area contributed by atoms with Gasteiger partial charge in [0.25, 0.3) is 0 Å². The fraction of sp³-hybridized carbons (Fsp3) is 0.294. The molecular weight excluding hydrogens is 330 g/mol. The Morgan fingerprint density at radius 2 is 2.10 bits per heavy atom. The molecule has 0 saturated carbocycles. The van der Waals surface area contributed by atoms with Crippen LogP contribution in [0.2, 0.25) is 0 Å². The number of para-hydroxylation sites is 1. The molecule has 0 aliphatic carbocycles. The van der Waals surface area contributed by atoms with Crippen LogP contribution < -0.4 is 10.1 Å². The Hall–Kier alpha value is -1.52. The first-order valence-corrected chi connectivity index (χ1v) is 7.90. The van der Waals surface area contributed by atoms with E-state index >= 15 is 0 Å². The smallest absolute Gasteiger partial charge is 0.124 e. The molecule has 3 nitrogen and oxygen atoms in total. The lowest BCUT2D eigenvalue weighted by Crippen LogP contribution is -2.21. The molecule has 0 amide bonds. The lowest BCUT2D eigenvalue weighted by Gasteiger charge is -2.28. The average molecular weight is 348 g/mol. The summed E-state index contributed by atoms with van der Waals surface area (Å²) in [6.45, 7) is 2.48. The van der Waals surface area contributed by atoms with Crippen molar-refractivity contribution in [3.05, 3.63) is 58.1 Å². The Bertz CT molecular complexity index is 642. The van der Waals surface area contributed by atoms with E-state index in [1.54, 1.807) is 6.92 Å². The molecule has 1 heterocycles. The number of aliphatic hydroxyl groups excluding tert-OH is 1. The van der Waals surface area contributed by atoms with Gasteiger partial charge in [-0.2, -0.15) is 0 Å². The number of benzene rings is 2. The second kappa shape index (κ2) is 6.08. The number of anilines is 1. The largest absolute Gasteiger partial charge is 0.493 e. The predicted octanol–water partition coefficient (Wildman–Crippen LogP) is 4.44. The molecule has 1 aliphatic heterocycles. The van der Waals surface area contributed by atoms with Gasteiger partial charge in [-0.05, 0) is 31.2 Å². The molecule has 21 heavy (non-hydrogen) atoms. The molecule has 0 bridgehead atoms. The van der Waals surface area contributed by atoms with Crippen molar-refractivity contribution in [3.63, 3.8) is 0 Å². The van der Waals surface area contributed by atoms with Gasteiger partial charge in [0, 0.05) is 27.7 Å². The highest BCUT2D eigenvalue weighted by Crippen LogP contribution is 2.37. The number of hydrogen-bond donors (Lipinski definition) is 2. The van der Waals surface area contributed by atoms with Gasteiger partial charge < -0.3 is 15.2 Å². The molecule has 0 fully saturated rings. The number of fused-ring (bicyclic) bond motifs is 1. The molecule has 0 radical (unpaired) electrons. The Labute approximate surface area is 133 Å². The number of hydrogen-bond acceptors (Lipinski definition) is 3. The number of ether oxygens (including phenoxy) is 1. The van der Waals surface area contributed by atoms with E-state index in [0.29, 0.717) is 6.61 Å². The SMILES string of the molecule is CC(O)c1ccccc1NC1CCOc2ccc(Br)cc21. The molecule has 2 atom stereocenters. The van der Waals surface area contributed by atoms with E-state index in [1.807, 2.05) is 36.4 Å². The van der Waals surface area contributed by atoms with E-state index in [9.17, 15) is 5.11 Å². The van der Waals surface area contributed by atoms with Gasteiger partial charge in [-0.25, -0.2) is 0 Å². The lowest BCUT2D eigenvalue weighted by atomic mass is 9.99. The van der Waals surface area contributed by atoms with E-state index in [0.717, 1.165) is 33.5 Å². The van der Waals surface area contributed by atoms with Crippen molar-refractivity contribution in [2.45, 2.75) is 25.5 Å². The normalized spacial score (nSPS) is 18.5. The number of rotatable bonds is 3. The molecule has 2 aromatic rings. The van der Waals surface area contributed by atoms with Crippen molar-refractivity contribution in [1.82, 2.24) is 0 Å². The van der Waals surface area contributed by atoms with Gasteiger partial charge in [-0.3, -0.25) is 0 Å². The van der Waals surface area contributed by atoms with Crippen molar-refractivity contribution in [1.29, 1.82) is 0 Å². The third kappa shape index (κ3) is 3.06. The zero-order valence-electron chi connectivity index (χ0n) is 11.8. The highest BCUT2D eigenvalue weighted by atomic mass is 79.9. The van der Waals surface area contributed by atoms with Crippen LogP contribution in [0.5, 0.6) is 5.75 Å². The lowest BCUT2D eigenvalue weighted by molar-refractivity contribution is 0.200. The minimum absolute atomic E-state index is 0.186. The van der Waals surface area contributed by atoms with Crippen LogP contribution in [0.1, 0.15) is 36.6 Å². The fourth-order valence-corrected chi connectivity index (χ4v) is 3.07. The molecule has 110 valence electrons. The maximum absolute atomic E-state index is 9.90. The topological polar surface area (TPSA) is 41.5 Å². The summed E-state index contributed by atoms with van der Waals surface area (Å²) in [5, 5.41) is 13.5. The van der Waals surface area contributed by atoms with Gasteiger partial charge in [0.1, 0.15) is 5.75 Å². The highest BCUT2D eigenvalue weighted by Gasteiger charge is 2.22. The zero-order chi connectivity index (χ0) is 14.8. The predicted molar refractivity (Wildman–Crippen MR) is 87.7 cm³/mol. The Kier molecular flexibility index (Phi) is 4.17. The van der Waals surface area contributed by atoms with Gasteiger partial charge in [0.2, 0.25) is 0 Å². The molecule has 4 heteroatoms. The molecule has 0 spiro atoms. The van der Waals surface area contributed by atoms with E-state index < -0.39 is 6.10 Å². The zero-order valence-corrected chi connectivity index (χ0v) is 13.4. The fourth-order valence-electron chi connectivity index (χ4n) is 2.70. The maximum Gasteiger partial charge on any atom is 0.124 e. The van der Waals surface area contributed by atoms with Crippen LogP contribution in [0.25, 0.3) is 0 Å². The van der Waals surface area contributed by atoms with Gasteiger partial charge in [0.15, 0.2) is 0 Å². The first-order valence-electron chi connectivity index (χ1n) is 7.11. The van der Waals surface area contributed by atoms with E-state index in [4.69, 9.17) is 4.74 Å². The molecule has 2 aromatic carbocycles. The first kappa shape index (κ1) is 14.4. The summed E-state index contributed by atoms with van der Waals surface area (Å²) >= 11 is 3.52. The molecule has 0 aromatic heterocycles. The summed E-state index contributed by atoms with van der Waals surface area (Å²) in [5.41, 5.74) is 3.04. The first-order chi connectivity index (χ1) is 10.1. The van der Waals surface area contributed by atoms with E-state index in [2.05, 4.69) is 27.3 Å². The van der Waals surface area contributed by atoms with Gasteiger partial charge >= 0.3 is 0 Å². The second-order valence-electron chi connectivity index (χ2n) is 5.28. The van der Waals surface area contributed by atoms with Crippen LogP contribution in [0.3, 0.4) is 0 Å². The Morgan fingerprint density at radius 3 is 2.90 bits per heavy atom. The Balaban J connectivity index is 1.92. The van der Waals surface area contributed by atoms with Gasteiger partial charge in [-0.15, -0.1) is 0 Å². The number of aliphatic hydroxyl groups is 1. The monoisotopic (exact) mass is 347 g/mol. The Morgan fingerprint density at radius 1 is 1.29 bits per heavy atom. The minimum Gasteiger partial charge on any atom is -0.493 e. The molecule has 3 rings (SSSR count). The van der Waals surface area contributed by atoms with Crippen LogP contribution >= 0.6 is 15.9 Å². The summed E-state index contributed by atoms with van der Waals surface area (Å²) in [6, 6.07) is 14.2. The second-order valence-corrected chi connectivity index (χ2v) is 6.20. The summed E-state index contributed by atoms with van der Waals surface area (Å²) in [7, 11) is 0. The van der Waals surface area contributed by atoms with Gasteiger partial charge in [-0.1, -0.05) is 34.1 Å². The third-order valence-electron chi connectivity index (χ3n) is 3.75. The van der Waals surface area contributed by atoms with Crippen molar-refractivity contribution < 1.29 is 9.84 Å². The molecular formula is C17H18BrNO2. The molecule has 1 aliphatic rings. The summed E-state index contributed by atoms with van der Waals surface area (Å²) < 4.78 is 6.76. The van der Waals surface area contributed by atoms with Crippen LogP contribution in [-0.2, 0) is 0 Å². The molecule has 0 saturated heterocycles. The third-order valence-corrected chi connectivity index (χ3v) is 4.25. The van der Waals surface area contributed by atoms with Crippen molar-refractivity contribution in [3.8, 4) is 5.75 Å². The number of halogens is 1. The van der Waals surface area contributed by atoms with Crippen LogP contribution in [0, 0.1) is 0 Å². The molecule has 2 unspecified atom stereocenters. The summed E-state index contributed by atoms with van der Waals surface area (Å²) in [5.74, 6) is 0.927. The van der Waals surface area contributed by atoms with Crippen LogP contribution in [0.4, 0.5) is 5.69 Å². The summed E-state index contributed by atoms with van der Waals surface area (Å²) in [4.78, 5) is 0. The van der Waals surface area contributed by atoms with Crippen LogP contribution in [-0.4, -0.2) is 11.7 Å². The number of nitrogens with one attached hydrogen (secondary N) is 1. The standard InChI is InChI=1S/C17H18BrNO2/c1-11(20)13-4-2-3-5-15(13)19-16-8-9-21-17-7-6-12(18)10-14(16)17/h2-7,10-11,16,19-20H,8-9H2,1H3. The van der Waals surface area contributed by atoms with E-state index in [1.165, 1.54) is 0 Å². The quantitative estimate of drug-likeness (QED) is 0.862. The minimum atomic E-state index is -0.490. The molecule has 2 N–H and O–H groups in total. The maximum atomic E-state index is 9.90. The van der Waals surface area contributed by atoms with E-state index in [-0.39, 0.29) is 6.04 Å².